The van der Waals surface area contributed by atoms with Gasteiger partial charge in [0.1, 0.15) is 23.9 Å². The number of rotatable bonds is 16. The van der Waals surface area contributed by atoms with E-state index >= 15 is 0 Å². The number of phenols is 1. The number of thioether (sulfide) groups is 1. The summed E-state index contributed by atoms with van der Waals surface area (Å²) < 4.78 is 0. The monoisotopic (exact) mass is 541 g/mol. The Labute approximate surface area is 216 Å². The molecule has 1 aromatic rings. The van der Waals surface area contributed by atoms with Crippen molar-refractivity contribution in [1.29, 1.82) is 0 Å². The molecule has 0 aliphatic carbocycles. The van der Waals surface area contributed by atoms with Crippen molar-refractivity contribution < 1.29 is 44.1 Å². The van der Waals surface area contributed by atoms with Gasteiger partial charge < -0.3 is 42.7 Å². The molecule has 0 saturated heterocycles. The zero-order valence-corrected chi connectivity index (χ0v) is 20.8. The van der Waals surface area contributed by atoms with Crippen LogP contribution in [0, 0.1) is 0 Å². The lowest BCUT2D eigenvalue weighted by Gasteiger charge is -2.24. The molecule has 4 amide bonds. The summed E-state index contributed by atoms with van der Waals surface area (Å²) in [5.41, 5.74) is 11.8. The molecular weight excluding hydrogens is 510 g/mol. The number of amides is 4. The number of aromatic hydroxyl groups is 1. The molecule has 0 bridgehead atoms. The molecule has 0 aliphatic rings. The van der Waals surface area contributed by atoms with Crippen LogP contribution in [0.1, 0.15) is 24.8 Å². The van der Waals surface area contributed by atoms with Gasteiger partial charge >= 0.3 is 11.9 Å². The highest BCUT2D eigenvalue weighted by atomic mass is 32.2. The molecular formula is C22H31N5O9S. The second-order valence-corrected chi connectivity index (χ2v) is 9.03. The van der Waals surface area contributed by atoms with Crippen molar-refractivity contribution in [2.24, 2.45) is 11.5 Å². The van der Waals surface area contributed by atoms with Crippen LogP contribution in [-0.2, 0) is 35.2 Å². The second kappa shape index (κ2) is 15.3. The lowest BCUT2D eigenvalue weighted by Crippen LogP contribution is -2.58. The lowest BCUT2D eigenvalue weighted by atomic mass is 10.0. The average Bonchev–Trinajstić information content (AvgIpc) is 2.81. The first kappa shape index (κ1) is 31.2. The largest absolute Gasteiger partial charge is 0.508 e. The summed E-state index contributed by atoms with van der Waals surface area (Å²) in [7, 11) is 0. The molecule has 204 valence electrons. The van der Waals surface area contributed by atoms with Gasteiger partial charge in [-0.05, 0) is 42.5 Å². The van der Waals surface area contributed by atoms with Crippen molar-refractivity contribution in [3.05, 3.63) is 29.8 Å². The molecule has 1 rings (SSSR count). The van der Waals surface area contributed by atoms with Gasteiger partial charge in [-0.3, -0.25) is 24.0 Å². The standard InChI is InChI=1S/C22H31N5O9S/c1-37-7-6-14(25-19(32)13(23)8-11-2-4-12(28)5-3-11)20(33)26-15(9-17(24)29)21(34)27-16(22(35)36)10-18(30)31/h2-5,13-16,28H,6-10,23H2,1H3,(H2,24,29)(H,25,32)(H,26,33)(H,27,34)(H,30,31)(H,35,36). The maximum Gasteiger partial charge on any atom is 0.326 e. The summed E-state index contributed by atoms with van der Waals surface area (Å²) >= 11 is 1.38. The van der Waals surface area contributed by atoms with Crippen LogP contribution in [0.25, 0.3) is 0 Å². The summed E-state index contributed by atoms with van der Waals surface area (Å²) in [5.74, 6) is -6.31. The number of hydrogen-bond donors (Lipinski definition) is 8. The molecule has 1 aromatic carbocycles. The number of carboxylic acid groups (broad SMARTS) is 2. The van der Waals surface area contributed by atoms with E-state index in [1.165, 1.54) is 23.9 Å². The Morgan fingerprint density at radius 3 is 1.92 bits per heavy atom. The van der Waals surface area contributed by atoms with Crippen molar-refractivity contribution in [2.75, 3.05) is 12.0 Å². The summed E-state index contributed by atoms with van der Waals surface area (Å²) in [6.07, 6.45) is 0.359. The number of carbonyl (C=O) groups excluding carboxylic acids is 4. The average molecular weight is 542 g/mol. The number of nitrogens with two attached hydrogens (primary N) is 2. The van der Waals surface area contributed by atoms with Gasteiger partial charge in [0.25, 0.3) is 0 Å². The van der Waals surface area contributed by atoms with Gasteiger partial charge in [-0.2, -0.15) is 11.8 Å². The van der Waals surface area contributed by atoms with E-state index in [0.29, 0.717) is 11.3 Å². The Morgan fingerprint density at radius 1 is 0.865 bits per heavy atom. The molecule has 0 saturated carbocycles. The number of nitrogens with one attached hydrogen (secondary N) is 3. The maximum atomic E-state index is 13.0. The summed E-state index contributed by atoms with van der Waals surface area (Å²) in [4.78, 5) is 71.8. The molecule has 4 unspecified atom stereocenters. The van der Waals surface area contributed by atoms with Crippen LogP contribution in [-0.4, -0.2) is 87.1 Å². The predicted octanol–water partition coefficient (Wildman–Crippen LogP) is -2.10. The van der Waals surface area contributed by atoms with Crippen LogP contribution < -0.4 is 27.4 Å². The first-order valence-corrected chi connectivity index (χ1v) is 12.4. The normalized spacial score (nSPS) is 13.9. The number of aliphatic carboxylic acids is 2. The van der Waals surface area contributed by atoms with Crippen molar-refractivity contribution in [2.45, 2.75) is 49.9 Å². The van der Waals surface area contributed by atoms with E-state index in [9.17, 15) is 33.9 Å². The Bertz CT molecular complexity index is 989. The number of primary amides is 1. The Hall–Kier alpha value is -3.85. The van der Waals surface area contributed by atoms with Gasteiger partial charge in [0.15, 0.2) is 0 Å². The van der Waals surface area contributed by atoms with Gasteiger partial charge in [0, 0.05) is 0 Å². The zero-order valence-electron chi connectivity index (χ0n) is 20.0. The van der Waals surface area contributed by atoms with E-state index in [1.54, 1.807) is 18.4 Å². The van der Waals surface area contributed by atoms with Gasteiger partial charge in [0.2, 0.25) is 23.6 Å². The predicted molar refractivity (Wildman–Crippen MR) is 132 cm³/mol. The fourth-order valence-corrected chi connectivity index (χ4v) is 3.56. The van der Waals surface area contributed by atoms with Crippen LogP contribution in [0.15, 0.2) is 24.3 Å². The number of hydrogen-bond acceptors (Lipinski definition) is 9. The smallest absolute Gasteiger partial charge is 0.326 e. The third kappa shape index (κ3) is 11.6. The van der Waals surface area contributed by atoms with Gasteiger partial charge in [-0.1, -0.05) is 12.1 Å². The molecule has 15 heteroatoms. The van der Waals surface area contributed by atoms with E-state index in [0.717, 1.165) is 0 Å². The Kier molecular flexibility index (Phi) is 12.9. The Morgan fingerprint density at radius 2 is 1.41 bits per heavy atom. The van der Waals surface area contributed by atoms with E-state index in [-0.39, 0.29) is 18.6 Å². The van der Waals surface area contributed by atoms with Crippen molar-refractivity contribution in [1.82, 2.24) is 16.0 Å². The SMILES string of the molecule is CSCCC(NC(=O)C(N)Cc1ccc(O)cc1)C(=O)NC(CC(N)=O)C(=O)NC(CC(=O)O)C(=O)O. The summed E-state index contributed by atoms with van der Waals surface area (Å²) in [6.45, 7) is 0. The Balaban J connectivity index is 2.96. The molecule has 0 aromatic heterocycles. The quantitative estimate of drug-likeness (QED) is 0.112. The summed E-state index contributed by atoms with van der Waals surface area (Å²) in [6, 6.07) is 0.384. The van der Waals surface area contributed by atoms with Crippen LogP contribution >= 0.6 is 11.8 Å². The molecule has 37 heavy (non-hydrogen) atoms. The fourth-order valence-electron chi connectivity index (χ4n) is 3.09. The minimum Gasteiger partial charge on any atom is -0.508 e. The zero-order chi connectivity index (χ0) is 28.1. The molecule has 14 nitrogen and oxygen atoms in total. The molecule has 0 radical (unpaired) electrons. The van der Waals surface area contributed by atoms with E-state index in [4.69, 9.17) is 21.7 Å². The minimum absolute atomic E-state index is 0.0442. The number of carboxylic acids is 2. The molecule has 0 spiro atoms. The van der Waals surface area contributed by atoms with Crippen LogP contribution in [0.2, 0.25) is 0 Å². The van der Waals surface area contributed by atoms with E-state index in [1.807, 2.05) is 5.32 Å². The van der Waals surface area contributed by atoms with Gasteiger partial charge in [-0.25, -0.2) is 4.79 Å². The van der Waals surface area contributed by atoms with Crippen molar-refractivity contribution in [3.63, 3.8) is 0 Å². The topological polar surface area (TPSA) is 251 Å². The minimum atomic E-state index is -1.82. The van der Waals surface area contributed by atoms with Gasteiger partial charge in [0.05, 0.1) is 18.9 Å². The number of carbonyl (C=O) groups is 6. The molecule has 0 heterocycles. The van der Waals surface area contributed by atoms with Crippen LogP contribution in [0.4, 0.5) is 0 Å². The molecule has 4 atom stereocenters. The van der Waals surface area contributed by atoms with Crippen LogP contribution in [0.5, 0.6) is 5.75 Å². The highest BCUT2D eigenvalue weighted by molar-refractivity contribution is 7.98. The highest BCUT2D eigenvalue weighted by Gasteiger charge is 2.32. The first-order valence-electron chi connectivity index (χ1n) is 11.0. The highest BCUT2D eigenvalue weighted by Crippen LogP contribution is 2.11. The summed E-state index contributed by atoms with van der Waals surface area (Å²) in [5, 5.41) is 34.1. The molecule has 10 N–H and O–H groups in total. The van der Waals surface area contributed by atoms with Gasteiger partial charge in [-0.15, -0.1) is 0 Å². The number of benzene rings is 1. The fraction of sp³-hybridized carbons (Fsp3) is 0.455. The number of phenolic OH excluding ortho intramolecular Hbond substituents is 1. The molecule has 0 aliphatic heterocycles. The second-order valence-electron chi connectivity index (χ2n) is 8.05. The van der Waals surface area contributed by atoms with Crippen molar-refractivity contribution in [3.8, 4) is 5.75 Å². The molecule has 0 fully saturated rings. The van der Waals surface area contributed by atoms with Crippen molar-refractivity contribution >= 4 is 47.3 Å². The van der Waals surface area contributed by atoms with E-state index < -0.39 is 72.6 Å². The maximum absolute atomic E-state index is 13.0. The third-order valence-electron chi connectivity index (χ3n) is 5.00. The lowest BCUT2D eigenvalue weighted by molar-refractivity contribution is -0.147. The van der Waals surface area contributed by atoms with Crippen LogP contribution in [0.3, 0.4) is 0 Å². The third-order valence-corrected chi connectivity index (χ3v) is 5.65. The first-order chi connectivity index (χ1) is 17.3. The van der Waals surface area contributed by atoms with E-state index in [2.05, 4.69) is 10.6 Å².